The number of rotatable bonds is 5. The van der Waals surface area contributed by atoms with E-state index in [1.54, 1.807) is 78.9 Å². The Balaban J connectivity index is 1.49. The molecule has 0 N–H and O–H groups in total. The maximum atomic E-state index is 12.4. The summed E-state index contributed by atoms with van der Waals surface area (Å²) in [6.07, 6.45) is 1.65. The van der Waals surface area contributed by atoms with Crippen molar-refractivity contribution in [2.75, 3.05) is 6.54 Å². The Bertz CT molecular complexity index is 1290. The van der Waals surface area contributed by atoms with Gasteiger partial charge in [0, 0.05) is 5.02 Å². The summed E-state index contributed by atoms with van der Waals surface area (Å²) in [6, 6.07) is 22.0. The molecule has 1 aliphatic heterocycles. The molecule has 32 heavy (non-hydrogen) atoms. The molecule has 0 radical (unpaired) electrons. The zero-order valence-electron chi connectivity index (χ0n) is 16.6. The molecule has 0 aliphatic carbocycles. The number of nitriles is 1. The first-order chi connectivity index (χ1) is 15.5. The molecular weight excluding hydrogens is 428 g/mol. The Morgan fingerprint density at radius 3 is 2.31 bits per heavy atom. The molecule has 0 bridgehead atoms. The fourth-order valence-electron chi connectivity index (χ4n) is 3.35. The fourth-order valence-corrected chi connectivity index (χ4v) is 3.54. The molecule has 3 aromatic rings. The molecule has 0 atom stereocenters. The SMILES string of the molecule is N#C/C(=C/c1cccc(OC(=O)CN2C(=O)c3ccccc3C2=O)c1)c1cccc(Cl)c1. The summed E-state index contributed by atoms with van der Waals surface area (Å²) in [5.74, 6) is -1.58. The van der Waals surface area contributed by atoms with Gasteiger partial charge in [-0.1, -0.05) is 48.0 Å². The number of carbonyl (C=O) groups is 3. The topological polar surface area (TPSA) is 87.5 Å². The standard InChI is InChI=1S/C25H15ClN2O4/c26-19-7-4-6-17(13-19)18(14-27)11-16-5-3-8-20(12-16)32-23(29)15-28-24(30)21-9-1-2-10-22(21)25(28)31/h1-13H,15H2/b18-11-. The normalized spacial score (nSPS) is 13.0. The quantitative estimate of drug-likeness (QED) is 0.189. The summed E-state index contributed by atoms with van der Waals surface area (Å²) in [7, 11) is 0. The van der Waals surface area contributed by atoms with Crippen molar-refractivity contribution >= 4 is 41.0 Å². The molecule has 6 nitrogen and oxygen atoms in total. The largest absolute Gasteiger partial charge is 0.425 e. The van der Waals surface area contributed by atoms with Gasteiger partial charge in [0.05, 0.1) is 22.8 Å². The number of hydrogen-bond donors (Lipinski definition) is 0. The van der Waals surface area contributed by atoms with E-state index >= 15 is 0 Å². The summed E-state index contributed by atoms with van der Waals surface area (Å²) < 4.78 is 5.33. The highest BCUT2D eigenvalue weighted by atomic mass is 35.5. The van der Waals surface area contributed by atoms with E-state index in [-0.39, 0.29) is 16.9 Å². The Morgan fingerprint density at radius 2 is 1.66 bits per heavy atom. The van der Waals surface area contributed by atoms with Crippen molar-refractivity contribution < 1.29 is 19.1 Å². The van der Waals surface area contributed by atoms with Crippen LogP contribution in [-0.2, 0) is 4.79 Å². The zero-order valence-corrected chi connectivity index (χ0v) is 17.4. The number of fused-ring (bicyclic) bond motifs is 1. The molecular formula is C25H15ClN2O4. The molecule has 7 heteroatoms. The van der Waals surface area contributed by atoms with Crippen LogP contribution in [0.3, 0.4) is 0 Å². The van der Waals surface area contributed by atoms with Crippen molar-refractivity contribution in [2.45, 2.75) is 0 Å². The van der Waals surface area contributed by atoms with Gasteiger partial charge in [-0.05, 0) is 53.6 Å². The highest BCUT2D eigenvalue weighted by Crippen LogP contribution is 2.24. The molecule has 0 saturated carbocycles. The van der Waals surface area contributed by atoms with Crippen molar-refractivity contribution in [3.05, 3.63) is 100 Å². The van der Waals surface area contributed by atoms with Gasteiger partial charge >= 0.3 is 5.97 Å². The van der Waals surface area contributed by atoms with E-state index in [0.29, 0.717) is 21.7 Å². The van der Waals surface area contributed by atoms with Crippen LogP contribution >= 0.6 is 11.6 Å². The molecule has 2 amide bonds. The number of imide groups is 1. The van der Waals surface area contributed by atoms with Crippen LogP contribution in [0, 0.1) is 11.3 Å². The van der Waals surface area contributed by atoms with Gasteiger partial charge in [0.1, 0.15) is 12.3 Å². The zero-order chi connectivity index (χ0) is 22.7. The third-order valence-electron chi connectivity index (χ3n) is 4.82. The lowest BCUT2D eigenvalue weighted by Crippen LogP contribution is -2.36. The lowest BCUT2D eigenvalue weighted by atomic mass is 10.0. The maximum absolute atomic E-state index is 12.4. The number of halogens is 1. The molecule has 0 spiro atoms. The van der Waals surface area contributed by atoms with Crippen LogP contribution in [0.1, 0.15) is 31.8 Å². The minimum absolute atomic E-state index is 0.226. The highest BCUT2D eigenvalue weighted by molar-refractivity contribution is 6.30. The van der Waals surface area contributed by atoms with E-state index in [0.717, 1.165) is 4.90 Å². The van der Waals surface area contributed by atoms with Crippen LogP contribution < -0.4 is 4.74 Å². The second-order valence-corrected chi connectivity index (χ2v) is 7.41. The maximum Gasteiger partial charge on any atom is 0.331 e. The molecule has 0 aromatic heterocycles. The van der Waals surface area contributed by atoms with Crippen molar-refractivity contribution in [1.29, 1.82) is 5.26 Å². The van der Waals surface area contributed by atoms with Gasteiger partial charge in [-0.2, -0.15) is 5.26 Å². The predicted octanol–water partition coefficient (Wildman–Crippen LogP) is 4.61. The van der Waals surface area contributed by atoms with E-state index < -0.39 is 24.3 Å². The van der Waals surface area contributed by atoms with Crippen molar-refractivity contribution in [2.24, 2.45) is 0 Å². The van der Waals surface area contributed by atoms with E-state index in [9.17, 15) is 19.6 Å². The number of benzene rings is 3. The average Bonchev–Trinajstić information content (AvgIpc) is 3.03. The molecule has 1 aliphatic rings. The van der Waals surface area contributed by atoms with Crippen LogP contribution in [-0.4, -0.2) is 29.2 Å². The summed E-state index contributed by atoms with van der Waals surface area (Å²) in [5, 5.41) is 10.0. The molecule has 0 fully saturated rings. The van der Waals surface area contributed by atoms with E-state index in [2.05, 4.69) is 6.07 Å². The van der Waals surface area contributed by atoms with Gasteiger partial charge in [0.15, 0.2) is 0 Å². The van der Waals surface area contributed by atoms with Gasteiger partial charge in [0.25, 0.3) is 11.8 Å². The second-order valence-electron chi connectivity index (χ2n) is 6.97. The first-order valence-electron chi connectivity index (χ1n) is 9.60. The molecule has 1 heterocycles. The number of amides is 2. The summed E-state index contributed by atoms with van der Waals surface area (Å²) in [6.45, 7) is -0.502. The number of ether oxygens (including phenoxy) is 1. The first kappa shape index (κ1) is 21.0. The second kappa shape index (κ2) is 8.88. The minimum atomic E-state index is -0.754. The van der Waals surface area contributed by atoms with Crippen molar-refractivity contribution in [1.82, 2.24) is 4.90 Å². The number of esters is 1. The van der Waals surface area contributed by atoms with Gasteiger partial charge in [0.2, 0.25) is 0 Å². The highest BCUT2D eigenvalue weighted by Gasteiger charge is 2.36. The lowest BCUT2D eigenvalue weighted by Gasteiger charge is -2.13. The molecule has 0 saturated heterocycles. The number of hydrogen-bond acceptors (Lipinski definition) is 5. The number of nitrogens with zero attached hydrogens (tertiary/aromatic N) is 2. The smallest absolute Gasteiger partial charge is 0.331 e. The third-order valence-corrected chi connectivity index (χ3v) is 5.06. The molecule has 156 valence electrons. The molecule has 4 rings (SSSR count). The van der Waals surface area contributed by atoms with Crippen molar-refractivity contribution in [3.63, 3.8) is 0 Å². The number of allylic oxidation sites excluding steroid dienone is 1. The van der Waals surface area contributed by atoms with E-state index in [1.807, 2.05) is 0 Å². The van der Waals surface area contributed by atoms with Gasteiger partial charge in [-0.25, -0.2) is 4.79 Å². The summed E-state index contributed by atoms with van der Waals surface area (Å²) in [4.78, 5) is 38.1. The van der Waals surface area contributed by atoms with Crippen LogP contribution in [0.4, 0.5) is 0 Å². The Kier molecular flexibility index (Phi) is 5.84. The Labute approximate surface area is 188 Å². The first-order valence-corrected chi connectivity index (χ1v) is 9.98. The van der Waals surface area contributed by atoms with Crippen LogP contribution in [0.5, 0.6) is 5.75 Å². The Hall–Kier alpha value is -4.21. The minimum Gasteiger partial charge on any atom is -0.425 e. The molecule has 3 aromatic carbocycles. The van der Waals surface area contributed by atoms with Crippen molar-refractivity contribution in [3.8, 4) is 11.8 Å². The monoisotopic (exact) mass is 442 g/mol. The summed E-state index contributed by atoms with van der Waals surface area (Å²) in [5.41, 5.74) is 2.22. The van der Waals surface area contributed by atoms with Gasteiger partial charge in [-0.15, -0.1) is 0 Å². The molecule has 0 unspecified atom stereocenters. The van der Waals surface area contributed by atoms with E-state index in [4.69, 9.17) is 16.3 Å². The van der Waals surface area contributed by atoms with Crippen LogP contribution in [0.15, 0.2) is 72.8 Å². The van der Waals surface area contributed by atoms with E-state index in [1.165, 1.54) is 0 Å². The van der Waals surface area contributed by atoms with Crippen LogP contribution in [0.2, 0.25) is 5.02 Å². The Morgan fingerprint density at radius 1 is 0.969 bits per heavy atom. The number of carbonyl (C=O) groups excluding carboxylic acids is 3. The van der Waals surface area contributed by atoms with Gasteiger partial charge in [-0.3, -0.25) is 14.5 Å². The lowest BCUT2D eigenvalue weighted by molar-refractivity contribution is -0.134. The fraction of sp³-hybridized carbons (Fsp3) is 0.0400. The predicted molar refractivity (Wildman–Crippen MR) is 119 cm³/mol. The summed E-state index contributed by atoms with van der Waals surface area (Å²) >= 11 is 6.01. The van der Waals surface area contributed by atoms with Gasteiger partial charge < -0.3 is 4.74 Å². The van der Waals surface area contributed by atoms with Crippen LogP contribution in [0.25, 0.3) is 11.6 Å². The third kappa shape index (κ3) is 4.29. The average molecular weight is 443 g/mol.